The fourth-order valence-corrected chi connectivity index (χ4v) is 9.90. The van der Waals surface area contributed by atoms with Crippen LogP contribution >= 0.6 is 0 Å². The molecule has 2 bridgehead atoms. The van der Waals surface area contributed by atoms with Gasteiger partial charge in [-0.05, 0) is 88.9 Å². The van der Waals surface area contributed by atoms with Gasteiger partial charge >= 0.3 is 5.97 Å². The van der Waals surface area contributed by atoms with E-state index in [1.807, 2.05) is 19.9 Å². The second kappa shape index (κ2) is 34.1. The number of nitrogens with zero attached hydrogens (tertiary/aromatic N) is 1. The number of nitrogens with two attached hydrogens (primary N) is 1. The van der Waals surface area contributed by atoms with E-state index in [1.165, 1.54) is 12.2 Å². The van der Waals surface area contributed by atoms with E-state index in [0.717, 1.165) is 45.1 Å². The minimum Gasteiger partial charge on any atom is -0.461 e. The zero-order valence-electron chi connectivity index (χ0n) is 46.0. The van der Waals surface area contributed by atoms with Crippen molar-refractivity contribution in [2.75, 3.05) is 13.6 Å². The molecule has 0 radical (unpaired) electrons. The number of hydrogen-bond acceptors (Lipinski definition) is 16. The topological polar surface area (TPSA) is 329 Å². The van der Waals surface area contributed by atoms with E-state index in [2.05, 4.69) is 29.4 Å². The van der Waals surface area contributed by atoms with Crippen LogP contribution in [0.2, 0.25) is 0 Å². The quantitative estimate of drug-likeness (QED) is 0.0464. The van der Waals surface area contributed by atoms with Crippen LogP contribution in [0.5, 0.6) is 0 Å². The molecule has 0 aromatic carbocycles. The van der Waals surface area contributed by atoms with Crippen molar-refractivity contribution in [2.24, 2.45) is 58.1 Å². The normalized spacial score (nSPS) is 40.0. The molecule has 1 saturated heterocycles. The molecular weight excluding hydrogens is 955 g/mol. The Hall–Kier alpha value is -2.82. The lowest BCUT2D eigenvalue weighted by Gasteiger charge is -2.45. The molecule has 0 aromatic rings. The SMILES string of the molecule is CN=C(N)NCCCC=CCCCC(C)CC(C)C1OC(=O)C(C)C(O)C=CC(C)C(O)CC(O)C(C)C(O)CCC(C)C(O)CC2(O)OC(CC(O)CC(O)CC(O)C(C)C(O)C=CC=CC1C)CC(O)C2O. The number of ether oxygens (including phenoxy) is 2. The molecule has 430 valence electrons. The second-order valence-corrected chi connectivity index (χ2v) is 22.3. The number of aliphatic hydroxyl groups excluding tert-OH is 11. The van der Waals surface area contributed by atoms with Crippen LogP contribution in [0.4, 0.5) is 0 Å². The smallest absolute Gasteiger partial charge is 0.311 e. The van der Waals surface area contributed by atoms with Gasteiger partial charge in [0.2, 0.25) is 0 Å². The standard InChI is InChI=1S/C56H101N3O15/c1-33(18-14-12-10-11-13-17-25-59-55(57)58-9)26-37(5)52-36(4)19-15-16-20-44(62)38(6)48(66)29-42(61)27-41(60)28-43-30-50(68)53(70)56(72,74-43)32-51(69)35(3)22-23-45(63)39(7)49(67)31-47(65)34(2)21-24-46(64)40(8)54(71)73-52/h10-11,15-16,19-21,24,33-53,60-70,72H,12-14,17-18,22-23,25-32H2,1-9H3,(H3,57,58,59). The van der Waals surface area contributed by atoms with E-state index >= 15 is 0 Å². The highest BCUT2D eigenvalue weighted by Gasteiger charge is 2.50. The van der Waals surface area contributed by atoms with Crippen LogP contribution in [-0.2, 0) is 14.3 Å². The van der Waals surface area contributed by atoms with Crippen LogP contribution in [0.25, 0.3) is 0 Å². The number of unbranched alkanes of at least 4 members (excludes halogenated alkanes) is 2. The lowest BCUT2D eigenvalue weighted by molar-refractivity contribution is -0.333. The van der Waals surface area contributed by atoms with Gasteiger partial charge in [-0.3, -0.25) is 9.79 Å². The summed E-state index contributed by atoms with van der Waals surface area (Å²) in [4.78, 5) is 17.7. The van der Waals surface area contributed by atoms with Crippen LogP contribution < -0.4 is 11.1 Å². The third-order valence-corrected chi connectivity index (χ3v) is 15.6. The first-order valence-corrected chi connectivity index (χ1v) is 27.4. The molecule has 0 aliphatic carbocycles. The number of aliphatic imine (C=N–C) groups is 1. The van der Waals surface area contributed by atoms with Crippen molar-refractivity contribution in [3.8, 4) is 0 Å². The lowest BCUT2D eigenvalue weighted by Crippen LogP contribution is -2.59. The predicted octanol–water partition coefficient (Wildman–Crippen LogP) is 3.28. The number of nitrogens with one attached hydrogen (secondary N) is 1. The predicted molar refractivity (Wildman–Crippen MR) is 286 cm³/mol. The maximum Gasteiger partial charge on any atom is 0.311 e. The molecule has 2 heterocycles. The summed E-state index contributed by atoms with van der Waals surface area (Å²) in [5.74, 6) is -6.16. The number of rotatable bonds is 11. The Bertz CT molecular complexity index is 1720. The number of carbonyl (C=O) groups excluding carboxylic acids is 1. The number of carbonyl (C=O) groups is 1. The van der Waals surface area contributed by atoms with Gasteiger partial charge < -0.3 is 81.8 Å². The van der Waals surface area contributed by atoms with Crippen LogP contribution in [0.1, 0.15) is 145 Å². The third kappa shape index (κ3) is 23.8. The molecule has 0 aromatic heterocycles. The number of aliphatic hydroxyl groups is 12. The monoisotopic (exact) mass is 1060 g/mol. The lowest BCUT2D eigenvalue weighted by atomic mass is 9.83. The fraction of sp³-hybridized carbons (Fsp3) is 0.821. The maximum atomic E-state index is 13.8. The van der Waals surface area contributed by atoms with Crippen molar-refractivity contribution >= 4 is 11.9 Å². The van der Waals surface area contributed by atoms with Crippen LogP contribution in [-0.4, -0.2) is 172 Å². The van der Waals surface area contributed by atoms with Crippen LogP contribution in [0.3, 0.4) is 0 Å². The minimum atomic E-state index is -2.40. The molecule has 0 amide bonds. The number of allylic oxidation sites excluding steroid dienone is 4. The summed E-state index contributed by atoms with van der Waals surface area (Å²) >= 11 is 0. The van der Waals surface area contributed by atoms with Crippen molar-refractivity contribution in [1.29, 1.82) is 0 Å². The number of fused-ring (bicyclic) bond motifs is 2. The van der Waals surface area contributed by atoms with Gasteiger partial charge in [0.1, 0.15) is 12.2 Å². The molecule has 0 saturated carbocycles. The maximum absolute atomic E-state index is 13.8. The van der Waals surface area contributed by atoms with E-state index in [1.54, 1.807) is 59.9 Å². The highest BCUT2D eigenvalue weighted by molar-refractivity contribution is 5.77. The Morgan fingerprint density at radius 1 is 0.716 bits per heavy atom. The second-order valence-electron chi connectivity index (χ2n) is 22.3. The molecule has 18 heteroatoms. The van der Waals surface area contributed by atoms with Gasteiger partial charge in [-0.25, -0.2) is 0 Å². The summed E-state index contributed by atoms with van der Waals surface area (Å²) in [5.41, 5.74) is 5.68. The minimum absolute atomic E-state index is 0.0856. The van der Waals surface area contributed by atoms with Gasteiger partial charge in [-0.2, -0.15) is 0 Å². The van der Waals surface area contributed by atoms with E-state index in [0.29, 0.717) is 11.9 Å². The molecule has 15 N–H and O–H groups in total. The third-order valence-electron chi connectivity index (χ3n) is 15.6. The van der Waals surface area contributed by atoms with Gasteiger partial charge in [-0.15, -0.1) is 0 Å². The molecule has 74 heavy (non-hydrogen) atoms. The molecule has 22 unspecified atom stereocenters. The zero-order chi connectivity index (χ0) is 55.9. The summed E-state index contributed by atoms with van der Waals surface area (Å²) in [7, 11) is 1.64. The average Bonchev–Trinajstić information content (AvgIpc) is 3.34. The number of esters is 1. The molecule has 22 atom stereocenters. The number of cyclic esters (lactones) is 1. The van der Waals surface area contributed by atoms with E-state index < -0.39 is 127 Å². The summed E-state index contributed by atoms with van der Waals surface area (Å²) in [6.45, 7) is 15.1. The van der Waals surface area contributed by atoms with E-state index in [-0.39, 0.29) is 56.8 Å². The Morgan fingerprint density at radius 3 is 2.00 bits per heavy atom. The summed E-state index contributed by atoms with van der Waals surface area (Å²) < 4.78 is 12.0. The van der Waals surface area contributed by atoms with Gasteiger partial charge in [0, 0.05) is 56.5 Å². The molecule has 18 nitrogen and oxygen atoms in total. The van der Waals surface area contributed by atoms with Crippen molar-refractivity contribution in [1.82, 2.24) is 5.32 Å². The first kappa shape index (κ1) is 67.3. The largest absolute Gasteiger partial charge is 0.461 e. The van der Waals surface area contributed by atoms with Gasteiger partial charge in [-0.1, -0.05) is 103 Å². The Kier molecular flexibility index (Phi) is 31.0. The van der Waals surface area contributed by atoms with E-state index in [4.69, 9.17) is 15.2 Å². The Balaban J connectivity index is 2.32. The molecule has 2 aliphatic rings. The highest BCUT2D eigenvalue weighted by atomic mass is 16.7. The van der Waals surface area contributed by atoms with Crippen LogP contribution in [0, 0.1) is 47.3 Å². The molecule has 2 aliphatic heterocycles. The van der Waals surface area contributed by atoms with E-state index in [9.17, 15) is 66.1 Å². The average molecular weight is 1060 g/mol. The number of guanidine groups is 1. The van der Waals surface area contributed by atoms with Gasteiger partial charge in [0.25, 0.3) is 0 Å². The van der Waals surface area contributed by atoms with Crippen molar-refractivity contribution < 1.29 is 75.5 Å². The Morgan fingerprint density at radius 2 is 1.34 bits per heavy atom. The van der Waals surface area contributed by atoms with Gasteiger partial charge in [0.05, 0.1) is 73.1 Å². The zero-order valence-corrected chi connectivity index (χ0v) is 46.0. The molecular formula is C56H101N3O15. The first-order chi connectivity index (χ1) is 34.7. The molecule has 2 rings (SSSR count). The summed E-state index contributed by atoms with van der Waals surface area (Å²) in [6, 6.07) is 0. The van der Waals surface area contributed by atoms with Crippen LogP contribution in [0.15, 0.2) is 53.6 Å². The number of hydrogen-bond donors (Lipinski definition) is 14. The van der Waals surface area contributed by atoms with Crippen molar-refractivity contribution in [3.05, 3.63) is 48.6 Å². The summed E-state index contributed by atoms with van der Waals surface area (Å²) in [6.07, 6.45) is 3.37. The first-order valence-electron chi connectivity index (χ1n) is 27.4. The Labute approximate surface area is 442 Å². The van der Waals surface area contributed by atoms with Crippen molar-refractivity contribution in [3.63, 3.8) is 0 Å². The fourth-order valence-electron chi connectivity index (χ4n) is 9.90. The molecule has 1 fully saturated rings. The van der Waals surface area contributed by atoms with Crippen molar-refractivity contribution in [2.45, 2.75) is 230 Å². The molecule has 0 spiro atoms. The summed E-state index contributed by atoms with van der Waals surface area (Å²) in [5, 5.41) is 135. The highest BCUT2D eigenvalue weighted by Crippen LogP contribution is 2.36. The van der Waals surface area contributed by atoms with Gasteiger partial charge in [0.15, 0.2) is 11.7 Å².